The fraction of sp³-hybridized carbons (Fsp3) is 0.727. The monoisotopic (exact) mass is 210 g/mol. The van der Waals surface area contributed by atoms with Crippen LogP contribution in [0.4, 0.5) is 0 Å². The van der Waals surface area contributed by atoms with E-state index in [1.165, 1.54) is 0 Å². The van der Waals surface area contributed by atoms with Gasteiger partial charge < -0.3 is 14.8 Å². The summed E-state index contributed by atoms with van der Waals surface area (Å²) in [5.41, 5.74) is 1.10. The van der Waals surface area contributed by atoms with Crippen molar-refractivity contribution in [2.75, 3.05) is 13.2 Å². The van der Waals surface area contributed by atoms with Gasteiger partial charge in [0.25, 0.3) is 0 Å². The van der Waals surface area contributed by atoms with Crippen LogP contribution in [0.2, 0.25) is 0 Å². The topological polar surface area (TPSA) is 58.3 Å². The first-order valence-electron chi connectivity index (χ1n) is 5.40. The SMILES string of the molecule is Cc1nc(CNCC2(CO)CC2)oc1C. The molecule has 0 amide bonds. The lowest BCUT2D eigenvalue weighted by molar-refractivity contribution is 0.206. The Kier molecular flexibility index (Phi) is 2.80. The summed E-state index contributed by atoms with van der Waals surface area (Å²) in [7, 11) is 0. The number of hydrogen-bond donors (Lipinski definition) is 2. The second kappa shape index (κ2) is 3.94. The summed E-state index contributed by atoms with van der Waals surface area (Å²) in [6.45, 7) is 5.64. The fourth-order valence-corrected chi connectivity index (χ4v) is 1.62. The van der Waals surface area contributed by atoms with Crippen molar-refractivity contribution in [2.24, 2.45) is 5.41 Å². The minimum atomic E-state index is 0.149. The molecule has 0 aliphatic heterocycles. The number of aromatic nitrogens is 1. The minimum Gasteiger partial charge on any atom is -0.444 e. The van der Waals surface area contributed by atoms with Gasteiger partial charge in [-0.05, 0) is 26.7 Å². The van der Waals surface area contributed by atoms with E-state index in [0.29, 0.717) is 6.54 Å². The maximum atomic E-state index is 9.12. The Morgan fingerprint density at radius 2 is 2.20 bits per heavy atom. The molecule has 0 aromatic carbocycles. The van der Waals surface area contributed by atoms with Gasteiger partial charge in [0, 0.05) is 18.6 Å². The van der Waals surface area contributed by atoms with Crippen molar-refractivity contribution in [1.29, 1.82) is 0 Å². The first-order chi connectivity index (χ1) is 7.15. The maximum Gasteiger partial charge on any atom is 0.208 e. The number of nitrogens with one attached hydrogen (secondary N) is 1. The minimum absolute atomic E-state index is 0.149. The Labute approximate surface area is 89.7 Å². The molecule has 15 heavy (non-hydrogen) atoms. The molecule has 1 aromatic rings. The van der Waals surface area contributed by atoms with Gasteiger partial charge in [0.15, 0.2) is 0 Å². The van der Waals surface area contributed by atoms with Crippen LogP contribution in [-0.2, 0) is 6.54 Å². The molecule has 4 heteroatoms. The number of aryl methyl sites for hydroxylation is 2. The second-order valence-electron chi connectivity index (χ2n) is 4.51. The summed E-state index contributed by atoms with van der Waals surface area (Å²) in [6.07, 6.45) is 2.25. The molecular formula is C11H18N2O2. The van der Waals surface area contributed by atoms with E-state index in [2.05, 4.69) is 10.3 Å². The van der Waals surface area contributed by atoms with Crippen LogP contribution in [0.15, 0.2) is 4.42 Å². The normalized spacial score (nSPS) is 18.1. The van der Waals surface area contributed by atoms with E-state index in [1.54, 1.807) is 0 Å². The molecule has 1 aliphatic rings. The van der Waals surface area contributed by atoms with Crippen molar-refractivity contribution in [3.63, 3.8) is 0 Å². The van der Waals surface area contributed by atoms with Gasteiger partial charge in [0.1, 0.15) is 5.76 Å². The van der Waals surface area contributed by atoms with Crippen LogP contribution in [0.3, 0.4) is 0 Å². The number of nitrogens with zero attached hydrogens (tertiary/aromatic N) is 1. The van der Waals surface area contributed by atoms with Crippen molar-refractivity contribution in [3.8, 4) is 0 Å². The molecule has 1 heterocycles. The number of aliphatic hydroxyl groups excluding tert-OH is 1. The lowest BCUT2D eigenvalue weighted by Gasteiger charge is -2.10. The first-order valence-corrected chi connectivity index (χ1v) is 5.40. The van der Waals surface area contributed by atoms with Crippen molar-refractivity contribution >= 4 is 0 Å². The zero-order chi connectivity index (χ0) is 10.9. The molecule has 0 saturated heterocycles. The molecule has 1 saturated carbocycles. The average Bonchev–Trinajstić information content (AvgIpc) is 2.91. The number of rotatable bonds is 5. The van der Waals surface area contributed by atoms with E-state index in [9.17, 15) is 0 Å². The first kappa shape index (κ1) is 10.6. The molecule has 84 valence electrons. The summed E-state index contributed by atoms with van der Waals surface area (Å²) >= 11 is 0. The Morgan fingerprint density at radius 1 is 1.47 bits per heavy atom. The van der Waals surface area contributed by atoms with Crippen molar-refractivity contribution in [1.82, 2.24) is 10.3 Å². The van der Waals surface area contributed by atoms with Crippen molar-refractivity contribution in [2.45, 2.75) is 33.2 Å². The molecule has 2 N–H and O–H groups in total. The quantitative estimate of drug-likeness (QED) is 0.765. The van der Waals surface area contributed by atoms with Gasteiger partial charge in [-0.15, -0.1) is 0 Å². The molecule has 1 fully saturated rings. The third kappa shape index (κ3) is 2.38. The van der Waals surface area contributed by atoms with E-state index in [4.69, 9.17) is 9.52 Å². The summed E-state index contributed by atoms with van der Waals surface area (Å²) in [5.74, 6) is 1.62. The summed E-state index contributed by atoms with van der Waals surface area (Å²) in [5, 5.41) is 12.4. The third-order valence-electron chi connectivity index (χ3n) is 3.14. The Hall–Kier alpha value is -0.870. The molecule has 0 bridgehead atoms. The Bertz CT molecular complexity index is 323. The number of hydrogen-bond acceptors (Lipinski definition) is 4. The highest BCUT2D eigenvalue weighted by Gasteiger charge is 2.41. The number of aliphatic hydroxyl groups is 1. The van der Waals surface area contributed by atoms with Crippen LogP contribution in [0.5, 0.6) is 0 Å². The third-order valence-corrected chi connectivity index (χ3v) is 3.14. The van der Waals surface area contributed by atoms with Gasteiger partial charge in [0.2, 0.25) is 5.89 Å². The zero-order valence-corrected chi connectivity index (χ0v) is 9.34. The highest BCUT2D eigenvalue weighted by molar-refractivity contribution is 5.05. The second-order valence-corrected chi connectivity index (χ2v) is 4.51. The molecule has 0 atom stereocenters. The predicted octanol–water partition coefficient (Wildman–Crippen LogP) is 1.15. The van der Waals surface area contributed by atoms with Gasteiger partial charge in [-0.2, -0.15) is 0 Å². The van der Waals surface area contributed by atoms with Crippen LogP contribution >= 0.6 is 0 Å². The van der Waals surface area contributed by atoms with Crippen molar-refractivity contribution in [3.05, 3.63) is 17.3 Å². The molecule has 4 nitrogen and oxygen atoms in total. The predicted molar refractivity (Wildman–Crippen MR) is 56.4 cm³/mol. The standard InChI is InChI=1S/C11H18N2O2/c1-8-9(2)15-10(13-8)5-12-6-11(7-14)3-4-11/h12,14H,3-7H2,1-2H3. The largest absolute Gasteiger partial charge is 0.444 e. The molecule has 0 unspecified atom stereocenters. The van der Waals surface area contributed by atoms with Crippen LogP contribution in [0.1, 0.15) is 30.2 Å². The van der Waals surface area contributed by atoms with Crippen LogP contribution in [-0.4, -0.2) is 23.2 Å². The molecular weight excluding hydrogens is 192 g/mol. The van der Waals surface area contributed by atoms with Gasteiger partial charge in [-0.3, -0.25) is 0 Å². The van der Waals surface area contributed by atoms with Crippen molar-refractivity contribution < 1.29 is 9.52 Å². The Balaban J connectivity index is 1.78. The Morgan fingerprint density at radius 3 is 2.67 bits per heavy atom. The van der Waals surface area contributed by atoms with Crippen LogP contribution in [0, 0.1) is 19.3 Å². The lowest BCUT2D eigenvalue weighted by atomic mass is 10.1. The summed E-state index contributed by atoms with van der Waals surface area (Å²) in [4.78, 5) is 4.28. The van der Waals surface area contributed by atoms with E-state index in [0.717, 1.165) is 36.7 Å². The van der Waals surface area contributed by atoms with E-state index >= 15 is 0 Å². The highest BCUT2D eigenvalue weighted by atomic mass is 16.4. The van der Waals surface area contributed by atoms with Crippen LogP contribution < -0.4 is 5.32 Å². The maximum absolute atomic E-state index is 9.12. The highest BCUT2D eigenvalue weighted by Crippen LogP contribution is 2.44. The van der Waals surface area contributed by atoms with Crippen LogP contribution in [0.25, 0.3) is 0 Å². The smallest absolute Gasteiger partial charge is 0.208 e. The van der Waals surface area contributed by atoms with Gasteiger partial charge in [-0.1, -0.05) is 0 Å². The summed E-state index contributed by atoms with van der Waals surface area (Å²) in [6, 6.07) is 0. The molecule has 1 aliphatic carbocycles. The van der Waals surface area contributed by atoms with E-state index < -0.39 is 0 Å². The molecule has 0 radical (unpaired) electrons. The molecule has 0 spiro atoms. The van der Waals surface area contributed by atoms with Gasteiger partial charge in [0.05, 0.1) is 12.2 Å². The van der Waals surface area contributed by atoms with Gasteiger partial charge >= 0.3 is 0 Å². The molecule has 2 rings (SSSR count). The lowest BCUT2D eigenvalue weighted by Crippen LogP contribution is -2.26. The number of oxazole rings is 1. The van der Waals surface area contributed by atoms with E-state index in [-0.39, 0.29) is 12.0 Å². The fourth-order valence-electron chi connectivity index (χ4n) is 1.62. The van der Waals surface area contributed by atoms with Gasteiger partial charge in [-0.25, -0.2) is 4.98 Å². The average molecular weight is 210 g/mol. The van der Waals surface area contributed by atoms with E-state index in [1.807, 2.05) is 13.8 Å². The summed E-state index contributed by atoms with van der Waals surface area (Å²) < 4.78 is 5.45. The molecule has 1 aromatic heterocycles. The zero-order valence-electron chi connectivity index (χ0n) is 9.34.